The predicted molar refractivity (Wildman–Crippen MR) is 96.7 cm³/mol. The van der Waals surface area contributed by atoms with Crippen LogP contribution in [0.25, 0.3) is 11.0 Å². The molecule has 0 radical (unpaired) electrons. The molecule has 0 bridgehead atoms. The Labute approximate surface area is 144 Å². The van der Waals surface area contributed by atoms with E-state index in [1.54, 1.807) is 30.8 Å². The van der Waals surface area contributed by atoms with Gasteiger partial charge in [0.15, 0.2) is 0 Å². The highest BCUT2D eigenvalue weighted by Gasteiger charge is 2.14. The average Bonchev–Trinajstić information content (AvgIpc) is 2.88. The number of carbonyl (C=O) groups is 1. The van der Waals surface area contributed by atoms with Crippen LogP contribution in [0.5, 0.6) is 0 Å². The number of nitrogens with zero attached hydrogens (tertiary/aromatic N) is 2. The van der Waals surface area contributed by atoms with Crippen molar-refractivity contribution >= 4 is 34.4 Å². The summed E-state index contributed by atoms with van der Waals surface area (Å²) < 4.78 is 15.8. The Bertz CT molecular complexity index is 891. The number of fused-ring (bicyclic) bond motifs is 1. The number of nitrogens with one attached hydrogen (secondary N) is 1. The summed E-state index contributed by atoms with van der Waals surface area (Å²) in [5.41, 5.74) is 2.77. The van der Waals surface area contributed by atoms with Crippen molar-refractivity contribution in [3.8, 4) is 0 Å². The molecule has 1 heterocycles. The zero-order chi connectivity index (χ0) is 17.1. The van der Waals surface area contributed by atoms with Crippen molar-refractivity contribution in [2.75, 3.05) is 11.6 Å². The molecule has 3 aromatic rings. The second kappa shape index (κ2) is 7.05. The molecule has 0 atom stereocenters. The molecule has 4 nitrogen and oxygen atoms in total. The van der Waals surface area contributed by atoms with E-state index in [-0.39, 0.29) is 18.1 Å². The third-order valence-electron chi connectivity index (χ3n) is 3.71. The number of aromatic nitrogens is 2. The average molecular weight is 343 g/mol. The number of rotatable bonds is 5. The van der Waals surface area contributed by atoms with Gasteiger partial charge in [0.1, 0.15) is 18.2 Å². The molecule has 0 fully saturated rings. The van der Waals surface area contributed by atoms with Gasteiger partial charge in [-0.1, -0.05) is 18.2 Å². The fourth-order valence-corrected chi connectivity index (χ4v) is 3.07. The molecule has 0 saturated heterocycles. The Morgan fingerprint density at radius 2 is 2.08 bits per heavy atom. The van der Waals surface area contributed by atoms with Gasteiger partial charge in [0, 0.05) is 0 Å². The number of hydrogen-bond acceptors (Lipinski definition) is 3. The van der Waals surface area contributed by atoms with Crippen molar-refractivity contribution in [3.05, 3.63) is 59.7 Å². The summed E-state index contributed by atoms with van der Waals surface area (Å²) in [4.78, 5) is 17.0. The Morgan fingerprint density at radius 1 is 1.29 bits per heavy atom. The van der Waals surface area contributed by atoms with Crippen LogP contribution in [-0.2, 0) is 17.1 Å². The number of amides is 1. The SMILES string of the molecule is CSCc1nc2ccccc2n1CC(=O)Nc1ccc(C)cc1F. The van der Waals surface area contributed by atoms with Crippen LogP contribution < -0.4 is 5.32 Å². The Hall–Kier alpha value is -2.34. The van der Waals surface area contributed by atoms with E-state index < -0.39 is 5.82 Å². The third kappa shape index (κ3) is 3.43. The number of halogens is 1. The molecule has 0 saturated carbocycles. The van der Waals surface area contributed by atoms with Crippen molar-refractivity contribution in [1.82, 2.24) is 9.55 Å². The van der Waals surface area contributed by atoms with E-state index in [0.29, 0.717) is 5.75 Å². The second-order valence-electron chi connectivity index (χ2n) is 5.57. The van der Waals surface area contributed by atoms with E-state index >= 15 is 0 Å². The molecular formula is C18H18FN3OS. The smallest absolute Gasteiger partial charge is 0.244 e. The van der Waals surface area contributed by atoms with Crippen LogP contribution in [0.2, 0.25) is 0 Å². The van der Waals surface area contributed by atoms with E-state index in [0.717, 1.165) is 22.4 Å². The molecule has 24 heavy (non-hydrogen) atoms. The summed E-state index contributed by atoms with van der Waals surface area (Å²) >= 11 is 1.64. The van der Waals surface area contributed by atoms with Crippen LogP contribution in [0.15, 0.2) is 42.5 Å². The summed E-state index contributed by atoms with van der Waals surface area (Å²) in [6, 6.07) is 12.5. The van der Waals surface area contributed by atoms with Gasteiger partial charge in [0.05, 0.1) is 22.5 Å². The lowest BCUT2D eigenvalue weighted by Gasteiger charge is -2.10. The number of para-hydroxylation sites is 2. The van der Waals surface area contributed by atoms with E-state index in [9.17, 15) is 9.18 Å². The van der Waals surface area contributed by atoms with Crippen LogP contribution >= 0.6 is 11.8 Å². The maximum Gasteiger partial charge on any atom is 0.244 e. The van der Waals surface area contributed by atoms with Crippen LogP contribution in [0, 0.1) is 12.7 Å². The number of hydrogen-bond donors (Lipinski definition) is 1. The zero-order valence-electron chi connectivity index (χ0n) is 13.5. The van der Waals surface area contributed by atoms with Crippen molar-refractivity contribution < 1.29 is 9.18 Å². The first kappa shape index (κ1) is 16.5. The van der Waals surface area contributed by atoms with Gasteiger partial charge in [-0.05, 0) is 43.0 Å². The summed E-state index contributed by atoms with van der Waals surface area (Å²) in [5, 5.41) is 2.64. The first-order chi connectivity index (χ1) is 11.6. The number of carbonyl (C=O) groups excluding carboxylic acids is 1. The number of aryl methyl sites for hydroxylation is 1. The van der Waals surface area contributed by atoms with Crippen molar-refractivity contribution in [2.45, 2.75) is 19.2 Å². The molecule has 124 valence electrons. The van der Waals surface area contributed by atoms with Crippen molar-refractivity contribution in [3.63, 3.8) is 0 Å². The Balaban J connectivity index is 1.85. The third-order valence-corrected chi connectivity index (χ3v) is 4.25. The zero-order valence-corrected chi connectivity index (χ0v) is 14.4. The number of anilines is 1. The fraction of sp³-hybridized carbons (Fsp3) is 0.222. The molecule has 0 aliphatic heterocycles. The fourth-order valence-electron chi connectivity index (χ4n) is 2.60. The normalized spacial score (nSPS) is 11.0. The maximum absolute atomic E-state index is 13.9. The summed E-state index contributed by atoms with van der Waals surface area (Å²) in [6.45, 7) is 1.91. The molecule has 6 heteroatoms. The van der Waals surface area contributed by atoms with Crippen LogP contribution in [0.1, 0.15) is 11.4 Å². The molecule has 1 aromatic heterocycles. The first-order valence-corrected chi connectivity index (χ1v) is 8.97. The van der Waals surface area contributed by atoms with Gasteiger partial charge in [-0.2, -0.15) is 11.8 Å². The lowest BCUT2D eigenvalue weighted by molar-refractivity contribution is -0.116. The molecule has 2 aromatic carbocycles. The molecule has 1 N–H and O–H groups in total. The van der Waals surface area contributed by atoms with Gasteiger partial charge in [-0.15, -0.1) is 0 Å². The predicted octanol–water partition coefficient (Wildman–Crippen LogP) is 3.99. The summed E-state index contributed by atoms with van der Waals surface area (Å²) in [6.07, 6.45) is 1.99. The largest absolute Gasteiger partial charge is 0.322 e. The minimum absolute atomic E-state index is 0.101. The van der Waals surface area contributed by atoms with Crippen LogP contribution in [0.3, 0.4) is 0 Å². The van der Waals surface area contributed by atoms with Crippen LogP contribution in [-0.4, -0.2) is 21.7 Å². The van der Waals surface area contributed by atoms with E-state index in [1.807, 2.05) is 35.1 Å². The molecule has 0 aliphatic rings. The van der Waals surface area contributed by atoms with Gasteiger partial charge in [0.2, 0.25) is 5.91 Å². The molecular weight excluding hydrogens is 325 g/mol. The minimum Gasteiger partial charge on any atom is -0.322 e. The van der Waals surface area contributed by atoms with Gasteiger partial charge in [-0.3, -0.25) is 4.79 Å². The quantitative estimate of drug-likeness (QED) is 0.762. The standard InChI is InChI=1S/C18H18FN3OS/c1-12-7-8-14(13(19)9-12)21-18(23)10-22-16-6-4-3-5-15(16)20-17(22)11-24-2/h3-9H,10-11H2,1-2H3,(H,21,23). The number of benzene rings is 2. The molecule has 0 spiro atoms. The highest BCUT2D eigenvalue weighted by Crippen LogP contribution is 2.20. The topological polar surface area (TPSA) is 46.9 Å². The number of thioether (sulfide) groups is 1. The van der Waals surface area contributed by atoms with Crippen LogP contribution in [0.4, 0.5) is 10.1 Å². The maximum atomic E-state index is 13.9. The summed E-state index contributed by atoms with van der Waals surface area (Å²) in [5.74, 6) is 0.843. The molecule has 0 unspecified atom stereocenters. The highest BCUT2D eigenvalue weighted by atomic mass is 32.2. The lowest BCUT2D eigenvalue weighted by Crippen LogP contribution is -2.20. The summed E-state index contributed by atoms with van der Waals surface area (Å²) in [7, 11) is 0. The lowest BCUT2D eigenvalue weighted by atomic mass is 10.2. The van der Waals surface area contributed by atoms with E-state index in [2.05, 4.69) is 10.3 Å². The van der Waals surface area contributed by atoms with E-state index in [1.165, 1.54) is 6.07 Å². The van der Waals surface area contributed by atoms with Crippen molar-refractivity contribution in [2.24, 2.45) is 0 Å². The molecule has 0 aliphatic carbocycles. The Morgan fingerprint density at radius 3 is 2.83 bits per heavy atom. The van der Waals surface area contributed by atoms with Gasteiger partial charge < -0.3 is 9.88 Å². The second-order valence-corrected chi connectivity index (χ2v) is 6.43. The van der Waals surface area contributed by atoms with Crippen molar-refractivity contribution in [1.29, 1.82) is 0 Å². The van der Waals surface area contributed by atoms with Gasteiger partial charge in [0.25, 0.3) is 0 Å². The first-order valence-electron chi connectivity index (χ1n) is 7.57. The molecule has 1 amide bonds. The van der Waals surface area contributed by atoms with Gasteiger partial charge in [-0.25, -0.2) is 9.37 Å². The monoisotopic (exact) mass is 343 g/mol. The minimum atomic E-state index is -0.428. The van der Waals surface area contributed by atoms with E-state index in [4.69, 9.17) is 0 Å². The molecule has 3 rings (SSSR count). The number of imidazole rings is 1. The van der Waals surface area contributed by atoms with Gasteiger partial charge >= 0.3 is 0 Å². The Kier molecular flexibility index (Phi) is 4.85. The highest BCUT2D eigenvalue weighted by molar-refractivity contribution is 7.97.